The fourth-order valence-corrected chi connectivity index (χ4v) is 5.80. The Kier molecular flexibility index (Phi) is 6.63. The molecule has 5 aromatic heterocycles. The summed E-state index contributed by atoms with van der Waals surface area (Å²) in [6, 6.07) is 9.26. The number of aromatic nitrogens is 5. The van der Waals surface area contributed by atoms with Crippen LogP contribution in [0.4, 0.5) is 10.2 Å². The first-order valence-electron chi connectivity index (χ1n) is 12.6. The lowest BCUT2D eigenvalue weighted by Gasteiger charge is -2.11. The second-order valence-corrected chi connectivity index (χ2v) is 10.7. The van der Waals surface area contributed by atoms with E-state index in [0.29, 0.717) is 23.4 Å². The van der Waals surface area contributed by atoms with E-state index >= 15 is 0 Å². The van der Waals surface area contributed by atoms with Gasteiger partial charge in [-0.25, -0.2) is 9.97 Å². The molecule has 37 heavy (non-hydrogen) atoms. The third-order valence-electron chi connectivity index (χ3n) is 6.98. The Morgan fingerprint density at radius 2 is 1.92 bits per heavy atom. The average Bonchev–Trinajstić information content (AvgIpc) is 3.66. The molecule has 4 N–H and O–H groups in total. The molecule has 9 heteroatoms. The normalized spacial score (nSPS) is 14.1. The molecule has 5 aromatic rings. The molecule has 0 unspecified atom stereocenters. The van der Waals surface area contributed by atoms with E-state index in [4.69, 9.17) is 10.7 Å². The molecule has 0 spiro atoms. The van der Waals surface area contributed by atoms with Gasteiger partial charge in [-0.15, -0.1) is 11.3 Å². The number of rotatable bonds is 8. The predicted molar refractivity (Wildman–Crippen MR) is 146 cm³/mol. The number of pyridine rings is 3. The summed E-state index contributed by atoms with van der Waals surface area (Å²) in [5.74, 6) is 2.01. The molecule has 188 valence electrons. The monoisotopic (exact) mass is 513 g/mol. The molecule has 0 radical (unpaired) electrons. The molecular weight excluding hydrogens is 485 g/mol. The summed E-state index contributed by atoms with van der Waals surface area (Å²) in [7, 11) is 0. The van der Waals surface area contributed by atoms with Crippen LogP contribution < -0.4 is 11.1 Å². The van der Waals surface area contributed by atoms with Crippen LogP contribution >= 0.6 is 11.3 Å². The van der Waals surface area contributed by atoms with Gasteiger partial charge in [-0.1, -0.05) is 12.8 Å². The first kappa shape index (κ1) is 23.7. The van der Waals surface area contributed by atoms with Gasteiger partial charge in [0.1, 0.15) is 22.9 Å². The Balaban J connectivity index is 1.22. The molecule has 0 atom stereocenters. The second-order valence-electron chi connectivity index (χ2n) is 9.65. The number of H-pyrrole nitrogens is 1. The van der Waals surface area contributed by atoms with E-state index in [1.165, 1.54) is 31.7 Å². The number of hydrogen-bond donors (Lipinski definition) is 3. The molecule has 0 aromatic carbocycles. The number of fused-ring (bicyclic) bond motifs is 1. The van der Waals surface area contributed by atoms with Crippen LogP contribution in [-0.4, -0.2) is 31.5 Å². The molecule has 7 nitrogen and oxygen atoms in total. The van der Waals surface area contributed by atoms with Crippen molar-refractivity contribution in [2.75, 3.05) is 12.3 Å². The van der Waals surface area contributed by atoms with Gasteiger partial charge in [-0.05, 0) is 61.2 Å². The van der Waals surface area contributed by atoms with Crippen LogP contribution in [0.15, 0.2) is 55.1 Å². The summed E-state index contributed by atoms with van der Waals surface area (Å²) in [5.41, 5.74) is 12.5. The van der Waals surface area contributed by atoms with Crippen LogP contribution in [0.25, 0.3) is 32.7 Å². The van der Waals surface area contributed by atoms with Crippen LogP contribution in [0.3, 0.4) is 0 Å². The Hall–Kier alpha value is -3.69. The molecule has 6 rings (SSSR count). The second kappa shape index (κ2) is 10.4. The minimum absolute atomic E-state index is 0.247. The summed E-state index contributed by atoms with van der Waals surface area (Å²) in [4.78, 5) is 22.3. The topological polar surface area (TPSA) is 105 Å². The molecule has 1 fully saturated rings. The highest BCUT2D eigenvalue weighted by molar-refractivity contribution is 7.13. The van der Waals surface area contributed by atoms with Crippen molar-refractivity contribution in [1.82, 2.24) is 30.2 Å². The number of thiophene rings is 1. The van der Waals surface area contributed by atoms with Crippen molar-refractivity contribution >= 4 is 28.2 Å². The van der Waals surface area contributed by atoms with Gasteiger partial charge in [-0.2, -0.15) is 4.39 Å². The maximum absolute atomic E-state index is 13.6. The number of hydrogen-bond acceptors (Lipinski definition) is 7. The Bertz CT molecular complexity index is 1540. The van der Waals surface area contributed by atoms with Crippen molar-refractivity contribution in [3.05, 3.63) is 77.2 Å². The average molecular weight is 514 g/mol. The first-order valence-corrected chi connectivity index (χ1v) is 13.4. The first-order chi connectivity index (χ1) is 18.1. The van der Waals surface area contributed by atoms with Crippen molar-refractivity contribution in [1.29, 1.82) is 0 Å². The van der Waals surface area contributed by atoms with E-state index in [2.05, 4.69) is 37.4 Å². The summed E-state index contributed by atoms with van der Waals surface area (Å²) >= 11 is 1.06. The van der Waals surface area contributed by atoms with E-state index in [-0.39, 0.29) is 5.13 Å². The third kappa shape index (κ3) is 5.23. The Labute approximate surface area is 218 Å². The molecule has 5 heterocycles. The van der Waals surface area contributed by atoms with Gasteiger partial charge in [0.25, 0.3) is 0 Å². The lowest BCUT2D eigenvalue weighted by atomic mass is 10.0. The molecule has 0 bridgehead atoms. The number of nitrogens with one attached hydrogen (secondary N) is 2. The number of nitrogen functional groups attached to an aromatic ring is 1. The van der Waals surface area contributed by atoms with E-state index in [9.17, 15) is 4.39 Å². The van der Waals surface area contributed by atoms with Crippen LogP contribution in [0, 0.1) is 11.0 Å². The van der Waals surface area contributed by atoms with Gasteiger partial charge in [0.2, 0.25) is 0 Å². The predicted octanol–water partition coefficient (Wildman–Crippen LogP) is 5.74. The molecule has 1 aliphatic carbocycles. The highest BCUT2D eigenvalue weighted by Crippen LogP contribution is 2.31. The molecule has 1 aliphatic rings. The van der Waals surface area contributed by atoms with Crippen LogP contribution in [0.1, 0.15) is 42.6 Å². The van der Waals surface area contributed by atoms with E-state index in [1.807, 2.05) is 18.5 Å². The van der Waals surface area contributed by atoms with Crippen LogP contribution in [0.5, 0.6) is 0 Å². The van der Waals surface area contributed by atoms with Crippen molar-refractivity contribution in [2.24, 2.45) is 5.92 Å². The van der Waals surface area contributed by atoms with E-state index < -0.39 is 0 Å². The number of nitrogens with two attached hydrogens (primary N) is 1. The standard InChI is InChI=1S/C28H28FN7S/c29-24-6-5-23(37-24)27-26-22(7-8-33-27)35-25(36-26)11-19-10-21(16-34-28(19)30)20-9-18(14-32-15-20)13-31-12-17-3-1-2-4-17/h5-10,14-17,31H,1-4,11-13H2,(H2,30,34)(H,35,36). The largest absolute Gasteiger partial charge is 0.383 e. The van der Waals surface area contributed by atoms with Crippen molar-refractivity contribution in [3.63, 3.8) is 0 Å². The highest BCUT2D eigenvalue weighted by atomic mass is 32.1. The SMILES string of the molecule is Nc1ncc(-c2cncc(CNCC3CCCC3)c2)cc1Cc1nc2c(-c3ccc(F)s3)nccc2[nH]1. The minimum atomic E-state index is -0.247. The summed E-state index contributed by atoms with van der Waals surface area (Å²) in [6.45, 7) is 1.87. The number of halogens is 1. The van der Waals surface area contributed by atoms with Gasteiger partial charge in [0.15, 0.2) is 5.13 Å². The van der Waals surface area contributed by atoms with Crippen molar-refractivity contribution in [3.8, 4) is 21.7 Å². The van der Waals surface area contributed by atoms with Crippen LogP contribution in [0.2, 0.25) is 0 Å². The molecule has 0 saturated heterocycles. The van der Waals surface area contributed by atoms with Gasteiger partial charge in [0.05, 0.1) is 10.4 Å². The van der Waals surface area contributed by atoms with Crippen molar-refractivity contribution < 1.29 is 4.39 Å². The fraction of sp³-hybridized carbons (Fsp3) is 0.286. The number of imidazole rings is 1. The smallest absolute Gasteiger partial charge is 0.177 e. The Morgan fingerprint density at radius 3 is 2.76 bits per heavy atom. The number of nitrogens with zero attached hydrogens (tertiary/aromatic N) is 4. The third-order valence-corrected chi connectivity index (χ3v) is 7.86. The van der Waals surface area contributed by atoms with E-state index in [0.717, 1.165) is 68.8 Å². The van der Waals surface area contributed by atoms with Gasteiger partial charge >= 0.3 is 0 Å². The quantitative estimate of drug-likeness (QED) is 0.245. The highest BCUT2D eigenvalue weighted by Gasteiger charge is 2.16. The zero-order valence-electron chi connectivity index (χ0n) is 20.4. The van der Waals surface area contributed by atoms with Crippen molar-refractivity contribution in [2.45, 2.75) is 38.6 Å². The van der Waals surface area contributed by atoms with E-state index in [1.54, 1.807) is 18.5 Å². The summed E-state index contributed by atoms with van der Waals surface area (Å²) in [5, 5.41) is 3.35. The zero-order chi connectivity index (χ0) is 25.2. The van der Waals surface area contributed by atoms with Gasteiger partial charge < -0.3 is 16.0 Å². The molecule has 0 amide bonds. The minimum Gasteiger partial charge on any atom is -0.383 e. The zero-order valence-corrected chi connectivity index (χ0v) is 21.2. The lowest BCUT2D eigenvalue weighted by Crippen LogP contribution is -2.20. The maximum Gasteiger partial charge on any atom is 0.177 e. The van der Waals surface area contributed by atoms with Gasteiger partial charge in [0, 0.05) is 54.4 Å². The Morgan fingerprint density at radius 1 is 1.05 bits per heavy atom. The molecular formula is C28H28FN7S. The molecule has 0 aliphatic heterocycles. The number of anilines is 1. The number of aromatic amines is 1. The van der Waals surface area contributed by atoms with Crippen LogP contribution in [-0.2, 0) is 13.0 Å². The summed E-state index contributed by atoms with van der Waals surface area (Å²) < 4.78 is 13.6. The van der Waals surface area contributed by atoms with Gasteiger partial charge in [-0.3, -0.25) is 9.97 Å². The lowest BCUT2D eigenvalue weighted by molar-refractivity contribution is 0.489. The fourth-order valence-electron chi connectivity index (χ4n) is 5.07. The maximum atomic E-state index is 13.6. The summed E-state index contributed by atoms with van der Waals surface area (Å²) in [6.07, 6.45) is 13.1. The molecule has 1 saturated carbocycles.